The molecule has 3 aromatic rings. The molecule has 0 fully saturated rings. The summed E-state index contributed by atoms with van der Waals surface area (Å²) >= 11 is 0. The van der Waals surface area contributed by atoms with E-state index < -0.39 is 11.9 Å². The minimum atomic E-state index is -0.465. The van der Waals surface area contributed by atoms with Gasteiger partial charge in [-0.1, -0.05) is 56.3 Å². The van der Waals surface area contributed by atoms with E-state index in [2.05, 4.69) is 6.58 Å². The topological polar surface area (TPSA) is 88.1 Å². The Morgan fingerprint density at radius 2 is 1.27 bits per heavy atom. The van der Waals surface area contributed by atoms with E-state index >= 15 is 0 Å². The predicted molar refractivity (Wildman–Crippen MR) is 154 cm³/mol. The minimum absolute atomic E-state index is 0.322. The summed E-state index contributed by atoms with van der Waals surface area (Å²) in [6.07, 6.45) is 7.54. The van der Waals surface area contributed by atoms with Crippen molar-refractivity contribution in [1.82, 2.24) is 0 Å². The zero-order valence-corrected chi connectivity index (χ0v) is 22.7. The molecule has 0 saturated carbocycles. The lowest BCUT2D eigenvalue weighted by atomic mass is 10.0. The average molecular weight is 543 g/mol. The summed E-state index contributed by atoms with van der Waals surface area (Å²) in [5, 5.41) is 0. The number of rotatable bonds is 15. The van der Waals surface area contributed by atoms with Crippen LogP contribution in [-0.2, 0) is 19.1 Å². The Morgan fingerprint density at radius 1 is 0.700 bits per heavy atom. The van der Waals surface area contributed by atoms with E-state index in [0.29, 0.717) is 43.3 Å². The zero-order chi connectivity index (χ0) is 28.6. The second-order valence-corrected chi connectivity index (χ2v) is 8.84. The molecule has 0 amide bonds. The molecule has 3 rings (SSSR count). The first-order valence-corrected chi connectivity index (χ1v) is 13.3. The Kier molecular flexibility index (Phi) is 12.2. The Morgan fingerprint density at radius 3 is 1.93 bits per heavy atom. The van der Waals surface area contributed by atoms with Crippen LogP contribution in [0.5, 0.6) is 11.5 Å². The van der Waals surface area contributed by atoms with Crippen LogP contribution >= 0.6 is 0 Å². The Balaban J connectivity index is 1.45. The number of hydrogen-bond acceptors (Lipinski definition) is 7. The van der Waals surface area contributed by atoms with Gasteiger partial charge in [0.15, 0.2) is 0 Å². The fourth-order valence-corrected chi connectivity index (χ4v) is 3.51. The molecule has 0 aromatic heterocycles. The SMILES string of the molecule is C=CC(=O)OCCCCOc1ccc(C(=O)Oc2ccc(-c3ccc(C=CC(=O)OCCCC)cc3)cc2)cc1. The Hall–Kier alpha value is -4.65. The molecule has 208 valence electrons. The second kappa shape index (κ2) is 16.3. The van der Waals surface area contributed by atoms with Crippen molar-refractivity contribution in [2.75, 3.05) is 19.8 Å². The molecule has 7 nitrogen and oxygen atoms in total. The maximum atomic E-state index is 12.6. The van der Waals surface area contributed by atoms with Crippen molar-refractivity contribution < 1.29 is 33.3 Å². The van der Waals surface area contributed by atoms with Gasteiger partial charge >= 0.3 is 17.9 Å². The number of benzene rings is 3. The normalized spacial score (nSPS) is 10.6. The lowest BCUT2D eigenvalue weighted by Crippen LogP contribution is -2.08. The van der Waals surface area contributed by atoms with Crippen molar-refractivity contribution in [1.29, 1.82) is 0 Å². The van der Waals surface area contributed by atoms with Crippen LogP contribution in [0.2, 0.25) is 0 Å². The summed E-state index contributed by atoms with van der Waals surface area (Å²) in [5.74, 6) is -0.167. The van der Waals surface area contributed by atoms with Crippen LogP contribution in [0.1, 0.15) is 48.5 Å². The molecule has 0 bridgehead atoms. The number of carbonyl (C=O) groups excluding carboxylic acids is 3. The number of hydrogen-bond donors (Lipinski definition) is 0. The highest BCUT2D eigenvalue weighted by atomic mass is 16.5. The fourth-order valence-electron chi connectivity index (χ4n) is 3.51. The van der Waals surface area contributed by atoms with E-state index in [1.54, 1.807) is 42.5 Å². The maximum absolute atomic E-state index is 12.6. The van der Waals surface area contributed by atoms with Gasteiger partial charge in [-0.3, -0.25) is 0 Å². The van der Waals surface area contributed by atoms with Crippen LogP contribution in [0.25, 0.3) is 17.2 Å². The molecule has 0 radical (unpaired) electrons. The molecule has 3 aromatic carbocycles. The first kappa shape index (κ1) is 29.9. The van der Waals surface area contributed by atoms with E-state index in [9.17, 15) is 14.4 Å². The first-order chi connectivity index (χ1) is 19.5. The average Bonchev–Trinajstić information content (AvgIpc) is 2.98. The standard InChI is InChI=1S/C33H34O7/c1-3-5-22-39-32(35)21-10-25-8-11-26(12-9-25)27-13-19-30(20-14-27)40-33(36)28-15-17-29(18-16-28)37-23-6-7-24-38-31(34)4-2/h4,8-21H,2-3,5-7,22-24H2,1H3. The van der Waals surface area contributed by atoms with E-state index in [1.807, 2.05) is 43.3 Å². The van der Waals surface area contributed by atoms with E-state index in [-0.39, 0.29) is 5.97 Å². The molecule has 0 aliphatic rings. The molecule has 0 atom stereocenters. The lowest BCUT2D eigenvalue weighted by Gasteiger charge is -2.08. The zero-order valence-electron chi connectivity index (χ0n) is 22.7. The van der Waals surface area contributed by atoms with Gasteiger partial charge in [-0.05, 0) is 78.4 Å². The third-order valence-corrected chi connectivity index (χ3v) is 5.77. The Bertz CT molecular complexity index is 1270. The summed E-state index contributed by atoms with van der Waals surface area (Å²) in [6.45, 7) is 6.62. The quantitative estimate of drug-likeness (QED) is 0.0901. The lowest BCUT2D eigenvalue weighted by molar-refractivity contribution is -0.138. The summed E-state index contributed by atoms with van der Waals surface area (Å²) in [4.78, 5) is 35.3. The van der Waals surface area contributed by atoms with Crippen LogP contribution < -0.4 is 9.47 Å². The highest BCUT2D eigenvalue weighted by Crippen LogP contribution is 2.24. The first-order valence-electron chi connectivity index (χ1n) is 13.3. The van der Waals surface area contributed by atoms with E-state index in [1.165, 1.54) is 6.08 Å². The number of ether oxygens (including phenoxy) is 4. The Labute approximate surface area is 235 Å². The summed E-state index contributed by atoms with van der Waals surface area (Å²) in [6, 6.07) is 21.8. The van der Waals surface area contributed by atoms with Crippen molar-refractivity contribution in [3.05, 3.63) is 103 Å². The highest BCUT2D eigenvalue weighted by Gasteiger charge is 2.09. The van der Waals surface area contributed by atoms with Crippen LogP contribution in [0.3, 0.4) is 0 Å². The largest absolute Gasteiger partial charge is 0.494 e. The molecule has 0 unspecified atom stereocenters. The smallest absolute Gasteiger partial charge is 0.343 e. The van der Waals surface area contributed by atoms with Gasteiger partial charge in [0.1, 0.15) is 11.5 Å². The summed E-state index contributed by atoms with van der Waals surface area (Å²) in [5.41, 5.74) is 3.26. The number of carbonyl (C=O) groups is 3. The van der Waals surface area contributed by atoms with Crippen LogP contribution in [0.4, 0.5) is 0 Å². The highest BCUT2D eigenvalue weighted by molar-refractivity contribution is 5.91. The van der Waals surface area contributed by atoms with Gasteiger partial charge < -0.3 is 18.9 Å². The van der Waals surface area contributed by atoms with Gasteiger partial charge in [0.25, 0.3) is 0 Å². The second-order valence-electron chi connectivity index (χ2n) is 8.84. The molecule has 40 heavy (non-hydrogen) atoms. The molecule has 0 N–H and O–H groups in total. The molecule has 0 aliphatic carbocycles. The van der Waals surface area contributed by atoms with Crippen molar-refractivity contribution in [3.8, 4) is 22.6 Å². The van der Waals surface area contributed by atoms with E-state index in [0.717, 1.165) is 42.0 Å². The molecule has 7 heteroatoms. The third kappa shape index (κ3) is 10.3. The van der Waals surface area contributed by atoms with Crippen LogP contribution in [0, 0.1) is 0 Å². The molecular weight excluding hydrogens is 508 g/mol. The third-order valence-electron chi connectivity index (χ3n) is 5.77. The van der Waals surface area contributed by atoms with E-state index in [4.69, 9.17) is 18.9 Å². The van der Waals surface area contributed by atoms with Crippen molar-refractivity contribution >= 4 is 24.0 Å². The van der Waals surface area contributed by atoms with Crippen LogP contribution in [-0.4, -0.2) is 37.7 Å². The number of esters is 3. The number of unbranched alkanes of at least 4 members (excludes halogenated alkanes) is 2. The molecule has 0 aliphatic heterocycles. The van der Waals surface area contributed by atoms with Gasteiger partial charge in [-0.25, -0.2) is 14.4 Å². The van der Waals surface area contributed by atoms with Gasteiger partial charge in [-0.2, -0.15) is 0 Å². The van der Waals surface area contributed by atoms with Crippen molar-refractivity contribution in [3.63, 3.8) is 0 Å². The monoisotopic (exact) mass is 542 g/mol. The molecule has 0 saturated heterocycles. The van der Waals surface area contributed by atoms with Crippen LogP contribution in [0.15, 0.2) is 91.5 Å². The summed E-state index contributed by atoms with van der Waals surface area (Å²) in [7, 11) is 0. The van der Waals surface area contributed by atoms with Crippen molar-refractivity contribution in [2.24, 2.45) is 0 Å². The minimum Gasteiger partial charge on any atom is -0.494 e. The molecule has 0 spiro atoms. The summed E-state index contributed by atoms with van der Waals surface area (Å²) < 4.78 is 21.2. The van der Waals surface area contributed by atoms with Gasteiger partial charge in [0.05, 0.1) is 25.4 Å². The van der Waals surface area contributed by atoms with Crippen molar-refractivity contribution in [2.45, 2.75) is 32.6 Å². The predicted octanol–water partition coefficient (Wildman–Crippen LogP) is 6.82. The van der Waals surface area contributed by atoms with Gasteiger partial charge in [-0.15, -0.1) is 0 Å². The van der Waals surface area contributed by atoms with Gasteiger partial charge in [0.2, 0.25) is 0 Å². The molecular formula is C33H34O7. The van der Waals surface area contributed by atoms with Gasteiger partial charge in [0, 0.05) is 12.2 Å². The maximum Gasteiger partial charge on any atom is 0.343 e. The fraction of sp³-hybridized carbons (Fsp3) is 0.242. The molecule has 0 heterocycles.